The fourth-order valence-corrected chi connectivity index (χ4v) is 3.73. The average Bonchev–Trinajstić information content (AvgIpc) is 2.87. The molecule has 1 saturated carbocycles. The molecule has 0 atom stereocenters. The van der Waals surface area contributed by atoms with Crippen LogP contribution in [-0.2, 0) is 6.42 Å². The predicted molar refractivity (Wildman–Crippen MR) is 99.1 cm³/mol. The molecule has 1 aliphatic rings. The van der Waals surface area contributed by atoms with E-state index in [1.807, 2.05) is 0 Å². The summed E-state index contributed by atoms with van der Waals surface area (Å²) < 4.78 is 2.38. The normalized spacial score (nSPS) is 16.3. The fourth-order valence-electron chi connectivity index (χ4n) is 3.73. The van der Waals surface area contributed by atoms with Gasteiger partial charge in [-0.05, 0) is 50.8 Å². The van der Waals surface area contributed by atoms with Crippen LogP contribution in [0, 0.1) is 13.8 Å². The maximum absolute atomic E-state index is 4.87. The lowest BCUT2D eigenvalue weighted by atomic mass is 9.96. The quantitative estimate of drug-likeness (QED) is 0.672. The average molecular weight is 308 g/mol. The molecule has 2 heteroatoms. The second kappa shape index (κ2) is 7.16. The van der Waals surface area contributed by atoms with Crippen molar-refractivity contribution in [3.8, 4) is 5.69 Å². The van der Waals surface area contributed by atoms with Gasteiger partial charge in [-0.15, -0.1) is 0 Å². The van der Waals surface area contributed by atoms with E-state index in [-0.39, 0.29) is 0 Å². The summed E-state index contributed by atoms with van der Waals surface area (Å²) in [6.45, 7) is 6.62. The van der Waals surface area contributed by atoms with Crippen LogP contribution >= 0.6 is 0 Å². The van der Waals surface area contributed by atoms with E-state index in [1.54, 1.807) is 0 Å². The highest BCUT2D eigenvalue weighted by atomic mass is 15.0. The van der Waals surface area contributed by atoms with Crippen molar-refractivity contribution >= 4 is 6.21 Å². The Bertz CT molecular complexity index is 688. The number of aliphatic imine (C=N–C) groups is 1. The Balaban J connectivity index is 1.91. The zero-order valence-electron chi connectivity index (χ0n) is 14.7. The van der Waals surface area contributed by atoms with Crippen LogP contribution in [0.5, 0.6) is 0 Å². The molecule has 1 aromatic heterocycles. The first kappa shape index (κ1) is 16.0. The van der Waals surface area contributed by atoms with Gasteiger partial charge in [0, 0.05) is 34.9 Å². The van der Waals surface area contributed by atoms with Crippen molar-refractivity contribution < 1.29 is 0 Å². The Morgan fingerprint density at radius 2 is 1.87 bits per heavy atom. The standard InChI is InChI=1S/C21H28N2/c1-4-18-10-8-9-13-21(18)23-16(2)14-19(17(23)3)15-22-20-11-6-5-7-12-20/h8-10,13-15,20H,4-7,11-12H2,1-3H3. The van der Waals surface area contributed by atoms with Crippen LogP contribution in [0.2, 0.25) is 0 Å². The third-order valence-electron chi connectivity index (χ3n) is 5.08. The van der Waals surface area contributed by atoms with E-state index in [9.17, 15) is 0 Å². The molecule has 0 saturated heterocycles. The minimum Gasteiger partial charge on any atom is -0.318 e. The highest BCUT2D eigenvalue weighted by Crippen LogP contribution is 2.24. The lowest BCUT2D eigenvalue weighted by Crippen LogP contribution is -2.09. The molecule has 0 bridgehead atoms. The van der Waals surface area contributed by atoms with Crippen molar-refractivity contribution in [2.45, 2.75) is 65.3 Å². The van der Waals surface area contributed by atoms with Gasteiger partial charge in [0.05, 0.1) is 0 Å². The molecule has 1 aliphatic carbocycles. The summed E-state index contributed by atoms with van der Waals surface area (Å²) in [5.74, 6) is 0. The Morgan fingerprint density at radius 1 is 1.13 bits per heavy atom. The van der Waals surface area contributed by atoms with Crippen LogP contribution in [-0.4, -0.2) is 16.8 Å². The molecule has 1 fully saturated rings. The minimum atomic E-state index is 0.537. The second-order valence-corrected chi connectivity index (χ2v) is 6.71. The van der Waals surface area contributed by atoms with Gasteiger partial charge in [0.2, 0.25) is 0 Å². The molecule has 0 amide bonds. The van der Waals surface area contributed by atoms with Gasteiger partial charge in [-0.3, -0.25) is 4.99 Å². The largest absolute Gasteiger partial charge is 0.318 e. The molecule has 0 aliphatic heterocycles. The Labute approximate surface area is 140 Å². The number of hydrogen-bond acceptors (Lipinski definition) is 1. The predicted octanol–water partition coefficient (Wildman–Crippen LogP) is 5.41. The zero-order valence-corrected chi connectivity index (χ0v) is 14.7. The molecular formula is C21H28N2. The van der Waals surface area contributed by atoms with Gasteiger partial charge in [0.1, 0.15) is 0 Å². The summed E-state index contributed by atoms with van der Waals surface area (Å²) in [5.41, 5.74) is 6.54. The molecule has 0 unspecified atom stereocenters. The number of hydrogen-bond donors (Lipinski definition) is 0. The highest BCUT2D eigenvalue weighted by molar-refractivity contribution is 5.82. The van der Waals surface area contributed by atoms with Crippen LogP contribution in [0.25, 0.3) is 5.69 Å². The molecule has 0 radical (unpaired) electrons. The fraction of sp³-hybridized carbons (Fsp3) is 0.476. The molecule has 1 heterocycles. The van der Waals surface area contributed by atoms with Gasteiger partial charge in [-0.1, -0.05) is 44.4 Å². The third-order valence-corrected chi connectivity index (χ3v) is 5.08. The van der Waals surface area contributed by atoms with Crippen LogP contribution in [0.4, 0.5) is 0 Å². The first-order chi connectivity index (χ1) is 11.2. The number of benzene rings is 1. The molecule has 2 aromatic rings. The molecule has 122 valence electrons. The van der Waals surface area contributed by atoms with Gasteiger partial charge >= 0.3 is 0 Å². The molecular weight excluding hydrogens is 280 g/mol. The maximum atomic E-state index is 4.87. The Hall–Kier alpha value is -1.83. The SMILES string of the molecule is CCc1ccccc1-n1c(C)cc(C=NC2CCCCC2)c1C. The van der Waals surface area contributed by atoms with Crippen LogP contribution < -0.4 is 0 Å². The van der Waals surface area contributed by atoms with Gasteiger partial charge in [-0.25, -0.2) is 0 Å². The number of para-hydroxylation sites is 1. The molecule has 2 nitrogen and oxygen atoms in total. The maximum Gasteiger partial charge on any atom is 0.0499 e. The third kappa shape index (κ3) is 3.41. The summed E-state index contributed by atoms with van der Waals surface area (Å²) in [6, 6.07) is 11.5. The van der Waals surface area contributed by atoms with E-state index >= 15 is 0 Å². The van der Waals surface area contributed by atoms with E-state index < -0.39 is 0 Å². The Kier molecular flexibility index (Phi) is 5.00. The van der Waals surface area contributed by atoms with Gasteiger partial charge < -0.3 is 4.57 Å². The number of aryl methyl sites for hydroxylation is 2. The van der Waals surface area contributed by atoms with E-state index in [1.165, 1.54) is 60.3 Å². The van der Waals surface area contributed by atoms with Crippen LogP contribution in [0.1, 0.15) is 61.5 Å². The zero-order chi connectivity index (χ0) is 16.2. The summed E-state index contributed by atoms with van der Waals surface area (Å²) >= 11 is 0. The number of aromatic nitrogens is 1. The van der Waals surface area contributed by atoms with Gasteiger partial charge in [0.25, 0.3) is 0 Å². The lowest BCUT2D eigenvalue weighted by Gasteiger charge is -2.17. The summed E-state index contributed by atoms with van der Waals surface area (Å²) in [6.07, 6.45) is 9.74. The summed E-state index contributed by atoms with van der Waals surface area (Å²) in [4.78, 5) is 4.87. The van der Waals surface area contributed by atoms with Crippen molar-refractivity contribution in [2.75, 3.05) is 0 Å². The van der Waals surface area contributed by atoms with E-state index in [0.29, 0.717) is 6.04 Å². The smallest absolute Gasteiger partial charge is 0.0499 e. The van der Waals surface area contributed by atoms with Crippen LogP contribution in [0.15, 0.2) is 35.3 Å². The van der Waals surface area contributed by atoms with Crippen molar-refractivity contribution in [2.24, 2.45) is 4.99 Å². The molecule has 0 N–H and O–H groups in total. The Morgan fingerprint density at radius 3 is 2.61 bits per heavy atom. The van der Waals surface area contributed by atoms with Crippen molar-refractivity contribution in [3.63, 3.8) is 0 Å². The van der Waals surface area contributed by atoms with Gasteiger partial charge in [0.15, 0.2) is 0 Å². The van der Waals surface area contributed by atoms with Crippen molar-refractivity contribution in [3.05, 3.63) is 52.8 Å². The lowest BCUT2D eigenvalue weighted by molar-refractivity contribution is 0.444. The summed E-state index contributed by atoms with van der Waals surface area (Å²) in [7, 11) is 0. The van der Waals surface area contributed by atoms with Crippen LogP contribution in [0.3, 0.4) is 0 Å². The molecule has 3 rings (SSSR count). The minimum absolute atomic E-state index is 0.537. The monoisotopic (exact) mass is 308 g/mol. The topological polar surface area (TPSA) is 17.3 Å². The van der Waals surface area contributed by atoms with E-state index in [2.05, 4.69) is 61.9 Å². The highest BCUT2D eigenvalue weighted by Gasteiger charge is 2.14. The second-order valence-electron chi connectivity index (χ2n) is 6.71. The van der Waals surface area contributed by atoms with Crippen molar-refractivity contribution in [1.82, 2.24) is 4.57 Å². The van der Waals surface area contributed by atoms with E-state index in [0.717, 1.165) is 6.42 Å². The van der Waals surface area contributed by atoms with Crippen molar-refractivity contribution in [1.29, 1.82) is 0 Å². The molecule has 1 aromatic carbocycles. The number of rotatable bonds is 4. The number of nitrogens with zero attached hydrogens (tertiary/aromatic N) is 2. The van der Waals surface area contributed by atoms with E-state index in [4.69, 9.17) is 4.99 Å². The van der Waals surface area contributed by atoms with Gasteiger partial charge in [-0.2, -0.15) is 0 Å². The molecule has 23 heavy (non-hydrogen) atoms. The first-order valence-corrected chi connectivity index (χ1v) is 9.01. The molecule has 0 spiro atoms. The first-order valence-electron chi connectivity index (χ1n) is 9.01. The summed E-state index contributed by atoms with van der Waals surface area (Å²) in [5, 5.41) is 0.